The maximum Gasteiger partial charge on any atom is 0.229 e. The zero-order chi connectivity index (χ0) is 22.0. The summed E-state index contributed by atoms with van der Waals surface area (Å²) in [4.78, 5) is 19.1. The quantitative estimate of drug-likeness (QED) is 0.648. The maximum atomic E-state index is 14.2. The average molecular weight is 426 g/mol. The van der Waals surface area contributed by atoms with Gasteiger partial charge in [-0.25, -0.2) is 18.2 Å². The molecule has 0 radical (unpaired) electrons. The molecule has 2 heterocycles. The molecular formula is C24H21F3N2O2. The van der Waals surface area contributed by atoms with Crippen LogP contribution in [0, 0.1) is 17.5 Å². The lowest BCUT2D eigenvalue weighted by Crippen LogP contribution is -2.47. The van der Waals surface area contributed by atoms with Gasteiger partial charge in [0.1, 0.15) is 23.3 Å². The molecular weight excluding hydrogens is 405 g/mol. The van der Waals surface area contributed by atoms with Crippen LogP contribution in [0.15, 0.2) is 60.7 Å². The molecule has 1 fully saturated rings. The van der Waals surface area contributed by atoms with Gasteiger partial charge < -0.3 is 5.11 Å². The number of carbonyl (C=O) groups is 1. The first-order valence-corrected chi connectivity index (χ1v) is 10.0. The van der Waals surface area contributed by atoms with Crippen molar-refractivity contribution < 1.29 is 23.1 Å². The Morgan fingerprint density at radius 1 is 1.00 bits per heavy atom. The van der Waals surface area contributed by atoms with Gasteiger partial charge >= 0.3 is 0 Å². The van der Waals surface area contributed by atoms with Gasteiger partial charge in [-0.05, 0) is 54.8 Å². The third-order valence-corrected chi connectivity index (χ3v) is 5.87. The molecule has 0 saturated carbocycles. The summed E-state index contributed by atoms with van der Waals surface area (Å²) in [5, 5.41) is 9.60. The molecule has 0 aliphatic carbocycles. The molecule has 2 aromatic carbocycles. The van der Waals surface area contributed by atoms with Gasteiger partial charge in [-0.3, -0.25) is 9.69 Å². The summed E-state index contributed by atoms with van der Waals surface area (Å²) in [6.07, 6.45) is 1.07. The van der Waals surface area contributed by atoms with Crippen LogP contribution in [0.2, 0.25) is 0 Å². The zero-order valence-corrected chi connectivity index (χ0v) is 16.7. The SMILES string of the molecule is O=C1CC(CCO)(c2ccc(F)cc2)CCN1c1cccc(-c2ccc(F)cc2F)n1. The molecule has 1 atom stereocenters. The number of halogens is 3. The van der Waals surface area contributed by atoms with Crippen LogP contribution in [0.25, 0.3) is 11.3 Å². The van der Waals surface area contributed by atoms with E-state index in [9.17, 15) is 23.1 Å². The number of nitrogens with zero attached hydrogens (tertiary/aromatic N) is 2. The van der Waals surface area contributed by atoms with E-state index in [1.54, 1.807) is 30.3 Å². The van der Waals surface area contributed by atoms with Crippen molar-refractivity contribution in [2.75, 3.05) is 18.1 Å². The molecule has 1 saturated heterocycles. The normalized spacial score (nSPS) is 19.0. The Morgan fingerprint density at radius 2 is 1.74 bits per heavy atom. The summed E-state index contributed by atoms with van der Waals surface area (Å²) in [5.74, 6) is -1.57. The maximum absolute atomic E-state index is 14.2. The summed E-state index contributed by atoms with van der Waals surface area (Å²) in [5.41, 5.74) is 0.671. The first-order chi connectivity index (χ1) is 14.9. The first kappa shape index (κ1) is 21.1. The lowest BCUT2D eigenvalue weighted by molar-refractivity contribution is -0.121. The number of benzene rings is 2. The van der Waals surface area contributed by atoms with Gasteiger partial charge in [0, 0.05) is 36.6 Å². The molecule has 1 unspecified atom stereocenters. The molecule has 3 aromatic rings. The number of rotatable bonds is 5. The van der Waals surface area contributed by atoms with Crippen LogP contribution in [0.5, 0.6) is 0 Å². The third-order valence-electron chi connectivity index (χ3n) is 5.87. The summed E-state index contributed by atoms with van der Waals surface area (Å²) < 4.78 is 40.8. The molecule has 1 aliphatic heterocycles. The Hall–Kier alpha value is -3.19. The Bertz CT molecular complexity index is 1100. The molecule has 1 amide bonds. The van der Waals surface area contributed by atoms with Crippen molar-refractivity contribution >= 4 is 11.7 Å². The van der Waals surface area contributed by atoms with Crippen molar-refractivity contribution in [3.05, 3.63) is 83.7 Å². The van der Waals surface area contributed by atoms with E-state index in [1.807, 2.05) is 0 Å². The molecule has 1 aromatic heterocycles. The van der Waals surface area contributed by atoms with E-state index in [0.717, 1.165) is 17.7 Å². The average Bonchev–Trinajstić information content (AvgIpc) is 2.74. The number of hydrogen-bond donors (Lipinski definition) is 1. The number of pyridine rings is 1. The van der Waals surface area contributed by atoms with Gasteiger partial charge in [0.05, 0.1) is 5.69 Å². The van der Waals surface area contributed by atoms with Gasteiger partial charge in [0.15, 0.2) is 0 Å². The predicted molar refractivity (Wildman–Crippen MR) is 111 cm³/mol. The Kier molecular flexibility index (Phi) is 5.78. The summed E-state index contributed by atoms with van der Waals surface area (Å²) in [6, 6.07) is 14.2. The highest BCUT2D eigenvalue weighted by molar-refractivity contribution is 5.94. The van der Waals surface area contributed by atoms with Crippen LogP contribution in [0.1, 0.15) is 24.8 Å². The van der Waals surface area contributed by atoms with Crippen molar-refractivity contribution in [1.82, 2.24) is 4.98 Å². The smallest absolute Gasteiger partial charge is 0.229 e. The van der Waals surface area contributed by atoms with E-state index >= 15 is 0 Å². The highest BCUT2D eigenvalue weighted by Gasteiger charge is 2.40. The number of piperidine rings is 1. The van der Waals surface area contributed by atoms with E-state index in [0.29, 0.717) is 30.9 Å². The summed E-state index contributed by atoms with van der Waals surface area (Å²) >= 11 is 0. The van der Waals surface area contributed by atoms with Crippen molar-refractivity contribution in [3.63, 3.8) is 0 Å². The second kappa shape index (κ2) is 8.51. The van der Waals surface area contributed by atoms with Gasteiger partial charge in [0.25, 0.3) is 0 Å². The minimum atomic E-state index is -0.729. The van der Waals surface area contributed by atoms with E-state index in [2.05, 4.69) is 4.98 Å². The minimum Gasteiger partial charge on any atom is -0.396 e. The number of aliphatic hydroxyl groups excluding tert-OH is 1. The highest BCUT2D eigenvalue weighted by atomic mass is 19.1. The molecule has 1 N–H and O–H groups in total. The lowest BCUT2D eigenvalue weighted by atomic mass is 9.70. The topological polar surface area (TPSA) is 53.4 Å². The fraction of sp³-hybridized carbons (Fsp3) is 0.250. The zero-order valence-electron chi connectivity index (χ0n) is 16.7. The third kappa shape index (κ3) is 4.18. The monoisotopic (exact) mass is 426 g/mol. The molecule has 0 bridgehead atoms. The fourth-order valence-electron chi connectivity index (χ4n) is 4.21. The molecule has 4 nitrogen and oxygen atoms in total. The fourth-order valence-corrected chi connectivity index (χ4v) is 4.21. The van der Waals surface area contributed by atoms with Gasteiger partial charge in [0.2, 0.25) is 5.91 Å². The van der Waals surface area contributed by atoms with Crippen molar-refractivity contribution in [1.29, 1.82) is 0 Å². The first-order valence-electron chi connectivity index (χ1n) is 10.0. The molecule has 1 aliphatic rings. The van der Waals surface area contributed by atoms with E-state index < -0.39 is 17.0 Å². The Morgan fingerprint density at radius 3 is 2.42 bits per heavy atom. The van der Waals surface area contributed by atoms with Crippen molar-refractivity contribution in [2.45, 2.75) is 24.7 Å². The number of aromatic nitrogens is 1. The Balaban J connectivity index is 1.61. The minimum absolute atomic E-state index is 0.0950. The van der Waals surface area contributed by atoms with Crippen LogP contribution < -0.4 is 4.90 Å². The van der Waals surface area contributed by atoms with Crippen LogP contribution in [-0.2, 0) is 10.2 Å². The number of amides is 1. The largest absolute Gasteiger partial charge is 0.396 e. The van der Waals surface area contributed by atoms with Gasteiger partial charge in [-0.1, -0.05) is 18.2 Å². The van der Waals surface area contributed by atoms with Crippen LogP contribution in [-0.4, -0.2) is 29.1 Å². The van der Waals surface area contributed by atoms with E-state index in [4.69, 9.17) is 0 Å². The van der Waals surface area contributed by atoms with Crippen LogP contribution in [0.4, 0.5) is 19.0 Å². The molecule has 4 rings (SSSR count). The Labute approximate surface area is 178 Å². The van der Waals surface area contributed by atoms with Crippen LogP contribution in [0.3, 0.4) is 0 Å². The predicted octanol–water partition coefficient (Wildman–Crippen LogP) is 4.61. The number of carbonyl (C=O) groups excluding carboxylic acids is 1. The summed E-state index contributed by atoms with van der Waals surface area (Å²) in [7, 11) is 0. The summed E-state index contributed by atoms with van der Waals surface area (Å²) in [6.45, 7) is 0.251. The van der Waals surface area contributed by atoms with Crippen molar-refractivity contribution in [2.24, 2.45) is 0 Å². The second-order valence-corrected chi connectivity index (χ2v) is 7.74. The highest BCUT2D eigenvalue weighted by Crippen LogP contribution is 2.40. The standard InChI is InChI=1S/C24H21F3N2O2/c25-17-6-4-16(5-7-17)24(11-13-30)10-12-29(23(31)15-24)22-3-1-2-21(28-22)19-9-8-18(26)14-20(19)27/h1-9,14,30H,10-13,15H2. The molecule has 31 heavy (non-hydrogen) atoms. The lowest BCUT2D eigenvalue weighted by Gasteiger charge is -2.41. The molecule has 160 valence electrons. The number of hydrogen-bond acceptors (Lipinski definition) is 3. The van der Waals surface area contributed by atoms with Crippen molar-refractivity contribution in [3.8, 4) is 11.3 Å². The van der Waals surface area contributed by atoms with E-state index in [1.165, 1.54) is 23.1 Å². The number of anilines is 1. The van der Waals surface area contributed by atoms with Crippen LogP contribution >= 0.6 is 0 Å². The van der Waals surface area contributed by atoms with E-state index in [-0.39, 0.29) is 30.3 Å². The number of aliphatic hydroxyl groups is 1. The molecule has 7 heteroatoms. The second-order valence-electron chi connectivity index (χ2n) is 7.74. The van der Waals surface area contributed by atoms with Gasteiger partial charge in [-0.2, -0.15) is 0 Å². The molecule has 0 spiro atoms. The van der Waals surface area contributed by atoms with Gasteiger partial charge in [-0.15, -0.1) is 0 Å².